The molecule has 0 rings (SSSR count). The smallest absolute Gasteiger partial charge is 0.387 e. The van der Waals surface area contributed by atoms with E-state index in [0.717, 1.165) is 0 Å². The van der Waals surface area contributed by atoms with Gasteiger partial charge in [0, 0.05) is 0 Å². The number of aliphatic hydroxyl groups excluding tert-OH is 1. The summed E-state index contributed by atoms with van der Waals surface area (Å²) in [6.45, 7) is 4.68. The first-order valence-corrected chi connectivity index (χ1v) is 2.41. The van der Waals surface area contributed by atoms with Crippen LogP contribution in [0.5, 0.6) is 0 Å². The van der Waals surface area contributed by atoms with Gasteiger partial charge in [0.2, 0.25) is 0 Å². The quantitative estimate of drug-likeness (QED) is 0.413. The Morgan fingerprint density at radius 2 is 2.50 bits per heavy atom. The maximum absolute atomic E-state index is 10.3. The van der Waals surface area contributed by atoms with E-state index in [4.69, 9.17) is 5.11 Å². The monoisotopic (exact) mass is 116 g/mol. The Kier molecular flexibility index (Phi) is 3.03. The maximum Gasteiger partial charge on any atom is 0.387 e. The molecule has 0 saturated carbocycles. The van der Waals surface area contributed by atoms with E-state index in [1.54, 1.807) is 6.92 Å². The Morgan fingerprint density at radius 1 is 2.00 bits per heavy atom. The van der Waals surface area contributed by atoms with Crippen molar-refractivity contribution in [2.24, 2.45) is 0 Å². The lowest BCUT2D eigenvalue weighted by atomic mass is 10.3. The first-order valence-electron chi connectivity index (χ1n) is 2.41. The van der Waals surface area contributed by atoms with Crippen molar-refractivity contribution < 1.29 is 14.9 Å². The summed E-state index contributed by atoms with van der Waals surface area (Å²) in [4.78, 5) is 12.4. The van der Waals surface area contributed by atoms with Crippen LogP contribution in [0.3, 0.4) is 0 Å². The average Bonchev–Trinajstić information content (AvgIpc) is 1.65. The van der Waals surface area contributed by atoms with Crippen molar-refractivity contribution in [3.8, 4) is 0 Å². The minimum Gasteiger partial charge on any atom is -0.393 e. The molecule has 3 heteroatoms. The predicted molar refractivity (Wildman–Crippen MR) is 29.4 cm³/mol. The zero-order chi connectivity index (χ0) is 6.57. The van der Waals surface area contributed by atoms with Crippen molar-refractivity contribution in [1.29, 1.82) is 0 Å². The van der Waals surface area contributed by atoms with Crippen LogP contribution in [0.4, 0.5) is 0 Å². The van der Waals surface area contributed by atoms with Crippen molar-refractivity contribution in [2.45, 2.75) is 19.4 Å². The Labute approximate surface area is 48.1 Å². The van der Waals surface area contributed by atoms with Crippen LogP contribution in [-0.4, -0.2) is 23.8 Å². The minimum atomic E-state index is -0.572. The number of carbonyl (C=O) groups is 1. The van der Waals surface area contributed by atoms with Crippen LogP contribution in [0.1, 0.15) is 13.3 Å². The molecule has 2 N–H and O–H groups in total. The van der Waals surface area contributed by atoms with Gasteiger partial charge in [-0.3, -0.25) is 0 Å². The largest absolute Gasteiger partial charge is 0.393 e. The summed E-state index contributed by atoms with van der Waals surface area (Å²) in [5.41, 5.74) is 0. The van der Waals surface area contributed by atoms with E-state index in [9.17, 15) is 4.79 Å². The predicted octanol–water partition coefficient (Wildman–Crippen LogP) is -1.93. The van der Waals surface area contributed by atoms with Gasteiger partial charge in [-0.1, -0.05) is 0 Å². The molecule has 1 atom stereocenters. The Hall–Kier alpha value is -0.700. The van der Waals surface area contributed by atoms with E-state index in [2.05, 4.69) is 11.7 Å². The highest BCUT2D eigenvalue weighted by atomic mass is 16.3. The zero-order valence-electron chi connectivity index (χ0n) is 4.85. The molecule has 0 spiro atoms. The molecule has 0 fully saturated rings. The number of rotatable bonds is 2. The molecule has 0 aliphatic rings. The summed E-state index contributed by atoms with van der Waals surface area (Å²) in [7, 11) is 0. The van der Waals surface area contributed by atoms with Crippen LogP contribution in [0.2, 0.25) is 0 Å². The summed E-state index contributed by atoms with van der Waals surface area (Å²) < 4.78 is 0. The second-order valence-electron chi connectivity index (χ2n) is 1.65. The third-order valence-corrected chi connectivity index (χ3v) is 0.678. The molecule has 0 unspecified atom stereocenters. The van der Waals surface area contributed by atoms with E-state index < -0.39 is 6.10 Å². The molecule has 0 aromatic rings. The first kappa shape index (κ1) is 7.30. The summed E-state index contributed by atoms with van der Waals surface area (Å²) in [6.07, 6.45) is -0.444. The molecule has 0 aliphatic heterocycles. The van der Waals surface area contributed by atoms with Gasteiger partial charge in [0.1, 0.15) is 6.72 Å². The normalized spacial score (nSPS) is 12.8. The van der Waals surface area contributed by atoms with E-state index in [1.165, 1.54) is 0 Å². The molecule has 0 bridgehead atoms. The highest BCUT2D eigenvalue weighted by molar-refractivity contribution is 5.66. The third kappa shape index (κ3) is 3.49. The van der Waals surface area contributed by atoms with Crippen LogP contribution in [-0.2, 0) is 4.79 Å². The van der Waals surface area contributed by atoms with Gasteiger partial charge in [0.15, 0.2) is 0 Å². The Morgan fingerprint density at radius 3 is 2.62 bits per heavy atom. The first-order chi connectivity index (χ1) is 3.66. The lowest BCUT2D eigenvalue weighted by Crippen LogP contribution is -2.71. The van der Waals surface area contributed by atoms with Gasteiger partial charge in [-0.2, -0.15) is 4.99 Å². The highest BCUT2D eigenvalue weighted by Gasteiger charge is 2.06. The highest BCUT2D eigenvalue weighted by Crippen LogP contribution is 1.83. The topological polar surface area (TPSA) is 51.3 Å². The van der Waals surface area contributed by atoms with Crippen LogP contribution in [0.15, 0.2) is 0 Å². The number of nitrogens with one attached hydrogen (secondary N) is 1. The molecule has 0 radical (unpaired) electrons. The van der Waals surface area contributed by atoms with Gasteiger partial charge in [-0.05, 0) is 6.92 Å². The SMILES string of the molecule is C=[NH+]C(=O)C[C@@H](C)O. The number of hydrogen-bond donors (Lipinski definition) is 2. The lowest BCUT2D eigenvalue weighted by Gasteiger charge is -1.91. The standard InChI is InChI=1S/C5H9NO2/c1-4(7)3-5(8)6-2/h4,7H,2-3H2,1H3/p+1/t4-/m1/s1. The van der Waals surface area contributed by atoms with Crippen molar-refractivity contribution in [3.63, 3.8) is 0 Å². The molecule has 0 saturated heterocycles. The molecule has 8 heavy (non-hydrogen) atoms. The van der Waals surface area contributed by atoms with Gasteiger partial charge in [-0.15, -0.1) is 0 Å². The van der Waals surface area contributed by atoms with Gasteiger partial charge in [-0.25, -0.2) is 4.79 Å². The van der Waals surface area contributed by atoms with Crippen LogP contribution >= 0.6 is 0 Å². The molecule has 0 aromatic heterocycles. The molecule has 46 valence electrons. The van der Waals surface area contributed by atoms with E-state index in [-0.39, 0.29) is 12.3 Å². The summed E-state index contributed by atoms with van der Waals surface area (Å²) in [6, 6.07) is 0. The molecule has 0 aliphatic carbocycles. The van der Waals surface area contributed by atoms with Crippen LogP contribution < -0.4 is 4.99 Å². The van der Waals surface area contributed by atoms with Crippen LogP contribution in [0.25, 0.3) is 0 Å². The fourth-order valence-electron chi connectivity index (χ4n) is 0.340. The lowest BCUT2D eigenvalue weighted by molar-refractivity contribution is -0.370. The van der Waals surface area contributed by atoms with Gasteiger partial charge >= 0.3 is 5.91 Å². The molecule has 3 nitrogen and oxygen atoms in total. The number of carbonyl (C=O) groups excluding carboxylic acids is 1. The molecular weight excluding hydrogens is 106 g/mol. The van der Waals surface area contributed by atoms with Crippen molar-refractivity contribution >= 4 is 12.6 Å². The Balaban J connectivity index is 3.39. The fraction of sp³-hybridized carbons (Fsp3) is 0.600. The van der Waals surface area contributed by atoms with Crippen LogP contribution in [0, 0.1) is 0 Å². The number of aliphatic hydroxyl groups is 1. The zero-order valence-corrected chi connectivity index (χ0v) is 4.85. The third-order valence-electron chi connectivity index (χ3n) is 0.678. The summed E-state index contributed by atoms with van der Waals surface area (Å²) >= 11 is 0. The van der Waals surface area contributed by atoms with Crippen molar-refractivity contribution in [2.75, 3.05) is 0 Å². The molecule has 1 amide bonds. The molecule has 0 aromatic carbocycles. The van der Waals surface area contributed by atoms with E-state index in [1.807, 2.05) is 0 Å². The number of hydrogen-bond acceptors (Lipinski definition) is 2. The maximum atomic E-state index is 10.3. The van der Waals surface area contributed by atoms with Gasteiger partial charge in [0.05, 0.1) is 12.5 Å². The second kappa shape index (κ2) is 3.32. The molecule has 0 heterocycles. The van der Waals surface area contributed by atoms with E-state index >= 15 is 0 Å². The number of amides is 1. The minimum absolute atomic E-state index is 0.128. The second-order valence-corrected chi connectivity index (χ2v) is 1.65. The van der Waals surface area contributed by atoms with Gasteiger partial charge in [0.25, 0.3) is 0 Å². The van der Waals surface area contributed by atoms with Gasteiger partial charge < -0.3 is 5.11 Å². The fourth-order valence-corrected chi connectivity index (χ4v) is 0.340. The van der Waals surface area contributed by atoms with Crippen molar-refractivity contribution in [1.82, 2.24) is 0 Å². The summed E-state index contributed by atoms with van der Waals surface area (Å²) in [5.74, 6) is -0.236. The Bertz CT molecular complexity index is 98.6. The average molecular weight is 116 g/mol. The van der Waals surface area contributed by atoms with E-state index in [0.29, 0.717) is 0 Å². The summed E-state index contributed by atoms with van der Waals surface area (Å²) in [5, 5.41) is 8.57. The molecular formula is C5H10NO2+. The van der Waals surface area contributed by atoms with Crippen molar-refractivity contribution in [3.05, 3.63) is 0 Å².